The summed E-state index contributed by atoms with van der Waals surface area (Å²) in [4.78, 5) is 33.6. The number of hydrogen-bond acceptors (Lipinski definition) is 5. The Balaban J connectivity index is 1.39. The summed E-state index contributed by atoms with van der Waals surface area (Å²) in [6.07, 6.45) is 0. The van der Waals surface area contributed by atoms with Crippen molar-refractivity contribution in [3.8, 4) is 27.6 Å². The molecule has 8 heteroatoms. The Labute approximate surface area is 212 Å². The van der Waals surface area contributed by atoms with Gasteiger partial charge in [-0.15, -0.1) is 11.3 Å². The summed E-state index contributed by atoms with van der Waals surface area (Å²) < 4.78 is 5.63. The summed E-state index contributed by atoms with van der Waals surface area (Å²) in [5.41, 5.74) is 4.05. The summed E-state index contributed by atoms with van der Waals surface area (Å²) in [5, 5.41) is 3.40. The van der Waals surface area contributed by atoms with E-state index in [0.29, 0.717) is 23.0 Å². The van der Waals surface area contributed by atoms with Crippen molar-refractivity contribution in [3.63, 3.8) is 0 Å². The molecule has 5 rings (SSSR count). The lowest BCUT2D eigenvalue weighted by Crippen LogP contribution is -2.45. The van der Waals surface area contributed by atoms with Crippen LogP contribution >= 0.6 is 22.9 Å². The average Bonchev–Trinajstić information content (AvgIpc) is 3.36. The number of hydrogen-bond donors (Lipinski definition) is 0. The fourth-order valence-corrected chi connectivity index (χ4v) is 5.05. The Hall–Kier alpha value is -3.68. The molecule has 0 unspecified atom stereocenters. The van der Waals surface area contributed by atoms with E-state index in [2.05, 4.69) is 0 Å². The van der Waals surface area contributed by atoms with Crippen molar-refractivity contribution in [2.75, 3.05) is 25.1 Å². The molecule has 1 aliphatic heterocycles. The molecular weight excluding hydrogens is 482 g/mol. The minimum atomic E-state index is -0.258. The van der Waals surface area contributed by atoms with Crippen molar-refractivity contribution in [2.24, 2.45) is 0 Å². The number of likely N-dealkylation sites (N-methyl/N-ethyl adjacent to an activating group) is 1. The zero-order chi connectivity index (χ0) is 24.4. The predicted octanol–water partition coefficient (Wildman–Crippen LogP) is 5.51. The van der Waals surface area contributed by atoms with E-state index in [9.17, 15) is 9.59 Å². The largest absolute Gasteiger partial charge is 0.482 e. The van der Waals surface area contributed by atoms with Crippen LogP contribution in [0.5, 0.6) is 5.75 Å². The molecule has 0 fully saturated rings. The van der Waals surface area contributed by atoms with Crippen molar-refractivity contribution in [1.29, 1.82) is 0 Å². The molecule has 1 aromatic heterocycles. The monoisotopic (exact) mass is 503 g/mol. The van der Waals surface area contributed by atoms with E-state index in [1.165, 1.54) is 16.2 Å². The van der Waals surface area contributed by atoms with Crippen LogP contribution in [0, 0.1) is 0 Å². The summed E-state index contributed by atoms with van der Waals surface area (Å²) in [5.74, 6) is 0.148. The highest BCUT2D eigenvalue weighted by Gasteiger charge is 2.29. The van der Waals surface area contributed by atoms with Crippen molar-refractivity contribution >= 4 is 40.4 Å². The quantitative estimate of drug-likeness (QED) is 0.348. The lowest BCUT2D eigenvalue weighted by Gasteiger charge is -2.30. The van der Waals surface area contributed by atoms with E-state index in [1.807, 2.05) is 78.2 Å². The second kappa shape index (κ2) is 9.90. The summed E-state index contributed by atoms with van der Waals surface area (Å²) in [7, 11) is 1.74. The second-order valence-corrected chi connectivity index (χ2v) is 9.47. The molecule has 0 atom stereocenters. The van der Waals surface area contributed by atoms with Crippen molar-refractivity contribution in [1.82, 2.24) is 9.88 Å². The summed E-state index contributed by atoms with van der Waals surface area (Å²) in [6.45, 7) is 0.300. The molecule has 4 aromatic rings. The number of thiazole rings is 1. The van der Waals surface area contributed by atoms with Gasteiger partial charge in [-0.2, -0.15) is 0 Å². The van der Waals surface area contributed by atoms with Gasteiger partial charge in [0.1, 0.15) is 17.3 Å². The first kappa shape index (κ1) is 23.1. The molecular formula is C27H22ClN3O3S. The van der Waals surface area contributed by atoms with Gasteiger partial charge in [0.25, 0.3) is 5.91 Å². The van der Waals surface area contributed by atoms with Gasteiger partial charge in [0, 0.05) is 30.1 Å². The molecule has 0 N–H and O–H groups in total. The standard InChI is InChI=1S/C27H22ClN3O3S/c1-30(14-18-7-3-2-4-8-18)25(32)15-31-23-13-19(11-12-24(23)34-16-26(31)33)22-17-35-27(29-22)20-9-5-6-10-21(20)28/h2-13,17H,14-16H2,1H3. The molecule has 3 aromatic carbocycles. The first-order valence-corrected chi connectivity index (χ1v) is 12.3. The average molecular weight is 504 g/mol. The molecule has 1 aliphatic rings. The van der Waals surface area contributed by atoms with Crippen LogP contribution in [0.2, 0.25) is 5.02 Å². The van der Waals surface area contributed by atoms with E-state index in [-0.39, 0.29) is 25.0 Å². The van der Waals surface area contributed by atoms with E-state index in [1.54, 1.807) is 11.9 Å². The van der Waals surface area contributed by atoms with Crippen LogP contribution in [0.4, 0.5) is 5.69 Å². The molecule has 0 spiro atoms. The Morgan fingerprint density at radius 1 is 1.11 bits per heavy atom. The van der Waals surface area contributed by atoms with Crippen molar-refractivity contribution in [2.45, 2.75) is 6.54 Å². The number of rotatable bonds is 6. The van der Waals surface area contributed by atoms with E-state index in [0.717, 1.165) is 27.4 Å². The van der Waals surface area contributed by atoms with Crippen LogP contribution in [0.3, 0.4) is 0 Å². The number of nitrogens with zero attached hydrogens (tertiary/aromatic N) is 3. The molecule has 0 saturated heterocycles. The van der Waals surface area contributed by atoms with Gasteiger partial charge in [0.15, 0.2) is 6.61 Å². The van der Waals surface area contributed by atoms with Gasteiger partial charge in [-0.25, -0.2) is 4.98 Å². The number of benzene rings is 3. The molecule has 176 valence electrons. The van der Waals surface area contributed by atoms with E-state index in [4.69, 9.17) is 21.3 Å². The Bertz CT molecular complexity index is 1390. The minimum Gasteiger partial charge on any atom is -0.482 e. The SMILES string of the molecule is CN(Cc1ccccc1)C(=O)CN1C(=O)COc2ccc(-c3csc(-c4ccccc4Cl)n3)cc21. The second-order valence-electron chi connectivity index (χ2n) is 8.20. The lowest BCUT2D eigenvalue weighted by molar-refractivity contribution is -0.131. The van der Waals surface area contributed by atoms with E-state index >= 15 is 0 Å². The Kier molecular flexibility index (Phi) is 6.53. The van der Waals surface area contributed by atoms with Crippen LogP contribution in [0.15, 0.2) is 78.2 Å². The van der Waals surface area contributed by atoms with Gasteiger partial charge in [0.05, 0.1) is 16.4 Å². The Morgan fingerprint density at radius 2 is 1.89 bits per heavy atom. The summed E-state index contributed by atoms with van der Waals surface area (Å²) >= 11 is 7.84. The maximum atomic E-state index is 13.0. The number of anilines is 1. The topological polar surface area (TPSA) is 62.7 Å². The zero-order valence-electron chi connectivity index (χ0n) is 19.0. The van der Waals surface area contributed by atoms with Crippen molar-refractivity contribution in [3.05, 3.63) is 88.8 Å². The van der Waals surface area contributed by atoms with Crippen LogP contribution in [0.1, 0.15) is 5.56 Å². The van der Waals surface area contributed by atoms with Gasteiger partial charge in [-0.1, -0.05) is 60.1 Å². The van der Waals surface area contributed by atoms with Gasteiger partial charge >= 0.3 is 0 Å². The molecule has 2 heterocycles. The summed E-state index contributed by atoms with van der Waals surface area (Å²) in [6, 6.07) is 22.9. The number of halogens is 1. The highest BCUT2D eigenvalue weighted by atomic mass is 35.5. The zero-order valence-corrected chi connectivity index (χ0v) is 20.6. The minimum absolute atomic E-state index is 0.0656. The molecule has 0 radical (unpaired) electrons. The number of aromatic nitrogens is 1. The molecule has 2 amide bonds. The normalized spacial score (nSPS) is 12.7. The molecule has 35 heavy (non-hydrogen) atoms. The lowest BCUT2D eigenvalue weighted by atomic mass is 10.1. The number of carbonyl (C=O) groups is 2. The van der Waals surface area contributed by atoms with Crippen LogP contribution < -0.4 is 9.64 Å². The number of ether oxygens (including phenoxy) is 1. The predicted molar refractivity (Wildman–Crippen MR) is 139 cm³/mol. The molecule has 6 nitrogen and oxygen atoms in total. The number of carbonyl (C=O) groups excluding carboxylic acids is 2. The van der Waals surface area contributed by atoms with Gasteiger partial charge in [-0.3, -0.25) is 14.5 Å². The van der Waals surface area contributed by atoms with Crippen LogP contribution in [-0.2, 0) is 16.1 Å². The molecule has 0 aliphatic carbocycles. The van der Waals surface area contributed by atoms with Crippen LogP contribution in [0.25, 0.3) is 21.8 Å². The Morgan fingerprint density at radius 3 is 2.69 bits per heavy atom. The van der Waals surface area contributed by atoms with Gasteiger partial charge in [-0.05, 0) is 29.8 Å². The number of fused-ring (bicyclic) bond motifs is 1. The third kappa shape index (κ3) is 4.92. The van der Waals surface area contributed by atoms with Gasteiger partial charge in [0.2, 0.25) is 5.91 Å². The van der Waals surface area contributed by atoms with Crippen molar-refractivity contribution < 1.29 is 14.3 Å². The number of amides is 2. The highest BCUT2D eigenvalue weighted by Crippen LogP contribution is 2.38. The third-order valence-electron chi connectivity index (χ3n) is 5.79. The smallest absolute Gasteiger partial charge is 0.265 e. The highest BCUT2D eigenvalue weighted by molar-refractivity contribution is 7.13. The first-order chi connectivity index (χ1) is 17.0. The maximum absolute atomic E-state index is 13.0. The maximum Gasteiger partial charge on any atom is 0.265 e. The van der Waals surface area contributed by atoms with E-state index < -0.39 is 0 Å². The fourth-order valence-electron chi connectivity index (χ4n) is 3.90. The molecule has 0 saturated carbocycles. The third-order valence-corrected chi connectivity index (χ3v) is 6.99. The molecule has 0 bridgehead atoms. The first-order valence-electron chi connectivity index (χ1n) is 11.1. The van der Waals surface area contributed by atoms with Crippen LogP contribution in [-0.4, -0.2) is 41.9 Å². The van der Waals surface area contributed by atoms with Gasteiger partial charge < -0.3 is 9.64 Å². The fraction of sp³-hybridized carbons (Fsp3) is 0.148.